The summed E-state index contributed by atoms with van der Waals surface area (Å²) in [6.07, 6.45) is 0. The van der Waals surface area contributed by atoms with Crippen LogP contribution in [0.2, 0.25) is 5.28 Å². The number of ether oxygens (including phenoxy) is 1. The van der Waals surface area contributed by atoms with Crippen LogP contribution in [0.3, 0.4) is 0 Å². The number of halogens is 1. The maximum atomic E-state index is 12.4. The van der Waals surface area contributed by atoms with E-state index in [0.717, 1.165) is 10.9 Å². The molecule has 0 aliphatic rings. The lowest BCUT2D eigenvalue weighted by atomic mass is 10.1. The molecule has 0 saturated carbocycles. The molecule has 0 atom stereocenters. The quantitative estimate of drug-likeness (QED) is 0.534. The lowest BCUT2D eigenvalue weighted by molar-refractivity contribution is 0.379. The van der Waals surface area contributed by atoms with Gasteiger partial charge in [-0.3, -0.25) is 0 Å². The number of rotatable bonds is 4. The zero-order chi connectivity index (χ0) is 18.8. The molecule has 2 aromatic heterocycles. The predicted octanol–water partition coefficient (Wildman–Crippen LogP) is 4.05. The highest BCUT2D eigenvalue weighted by molar-refractivity contribution is 6.28. The Morgan fingerprint density at radius 1 is 1.04 bits per heavy atom. The van der Waals surface area contributed by atoms with Crippen LogP contribution in [-0.2, 0) is 0 Å². The molecular formula is C19H13ClN4O3. The molecule has 2 aromatic carbocycles. The maximum Gasteiger partial charge on any atom is 0.344 e. The summed E-state index contributed by atoms with van der Waals surface area (Å²) in [7, 11) is 1.43. The Balaban J connectivity index is 1.71. The molecule has 4 aromatic rings. The highest BCUT2D eigenvalue weighted by Crippen LogP contribution is 2.25. The summed E-state index contributed by atoms with van der Waals surface area (Å²) in [6, 6.07) is 16.6. The first-order chi connectivity index (χ1) is 13.1. The van der Waals surface area contributed by atoms with E-state index in [0.29, 0.717) is 16.8 Å². The molecule has 134 valence electrons. The van der Waals surface area contributed by atoms with E-state index in [-0.39, 0.29) is 17.2 Å². The Kier molecular flexibility index (Phi) is 4.43. The minimum atomic E-state index is -0.407. The van der Waals surface area contributed by atoms with E-state index in [9.17, 15) is 4.79 Å². The van der Waals surface area contributed by atoms with Crippen molar-refractivity contribution in [3.8, 4) is 17.1 Å². The number of nitrogens with one attached hydrogen (secondary N) is 1. The third-order valence-electron chi connectivity index (χ3n) is 3.85. The van der Waals surface area contributed by atoms with E-state index in [2.05, 4.69) is 20.3 Å². The van der Waals surface area contributed by atoms with Crippen molar-refractivity contribution in [2.45, 2.75) is 0 Å². The molecule has 0 aliphatic heterocycles. The highest BCUT2D eigenvalue weighted by atomic mass is 35.5. The summed E-state index contributed by atoms with van der Waals surface area (Å²) in [6.45, 7) is 0. The molecule has 2 heterocycles. The second-order valence-electron chi connectivity index (χ2n) is 5.61. The van der Waals surface area contributed by atoms with Crippen LogP contribution in [0.4, 0.5) is 11.6 Å². The Morgan fingerprint density at radius 2 is 1.85 bits per heavy atom. The van der Waals surface area contributed by atoms with Gasteiger partial charge < -0.3 is 14.5 Å². The van der Waals surface area contributed by atoms with Gasteiger partial charge in [-0.2, -0.15) is 15.0 Å². The third kappa shape index (κ3) is 3.58. The van der Waals surface area contributed by atoms with Gasteiger partial charge in [-0.05, 0) is 35.4 Å². The molecule has 7 nitrogen and oxygen atoms in total. The Labute approximate surface area is 158 Å². The van der Waals surface area contributed by atoms with Crippen LogP contribution in [0, 0.1) is 0 Å². The van der Waals surface area contributed by atoms with Crippen molar-refractivity contribution in [1.82, 2.24) is 15.0 Å². The number of benzene rings is 2. The molecule has 0 bridgehead atoms. The molecule has 0 fully saturated rings. The number of hydrogen-bond donors (Lipinski definition) is 1. The summed E-state index contributed by atoms with van der Waals surface area (Å²) in [4.78, 5) is 24.2. The van der Waals surface area contributed by atoms with Crippen molar-refractivity contribution in [2.24, 2.45) is 0 Å². The molecule has 27 heavy (non-hydrogen) atoms. The van der Waals surface area contributed by atoms with E-state index < -0.39 is 5.63 Å². The first-order valence-electron chi connectivity index (χ1n) is 7.98. The van der Waals surface area contributed by atoms with Crippen molar-refractivity contribution in [3.05, 3.63) is 70.3 Å². The topological polar surface area (TPSA) is 90.1 Å². The number of hydrogen-bond acceptors (Lipinski definition) is 7. The average molecular weight is 381 g/mol. The van der Waals surface area contributed by atoms with Crippen LogP contribution in [0.25, 0.3) is 22.1 Å². The van der Waals surface area contributed by atoms with E-state index in [1.807, 2.05) is 48.5 Å². The fourth-order valence-electron chi connectivity index (χ4n) is 2.62. The average Bonchev–Trinajstić information content (AvgIpc) is 2.67. The fraction of sp³-hybridized carbons (Fsp3) is 0.0526. The van der Waals surface area contributed by atoms with Crippen LogP contribution in [0.1, 0.15) is 0 Å². The van der Waals surface area contributed by atoms with Crippen LogP contribution in [-0.4, -0.2) is 22.1 Å². The molecule has 8 heteroatoms. The number of aromatic nitrogens is 3. The minimum absolute atomic E-state index is 0.00386. The smallest absolute Gasteiger partial charge is 0.344 e. The zero-order valence-electron chi connectivity index (χ0n) is 14.1. The SMILES string of the molecule is COc1nc(Cl)nc(Nc2ccc3cc(-c4ccccc4)c(=O)oc3c2)n1. The summed E-state index contributed by atoms with van der Waals surface area (Å²) >= 11 is 5.84. The van der Waals surface area contributed by atoms with Crippen molar-refractivity contribution >= 4 is 34.2 Å². The lowest BCUT2D eigenvalue weighted by Crippen LogP contribution is -2.03. The maximum absolute atomic E-state index is 12.4. The Bertz CT molecular complexity index is 1180. The molecular weight excluding hydrogens is 368 g/mol. The van der Waals surface area contributed by atoms with Crippen LogP contribution >= 0.6 is 11.6 Å². The van der Waals surface area contributed by atoms with Gasteiger partial charge in [-0.1, -0.05) is 30.3 Å². The molecule has 0 unspecified atom stereocenters. The summed E-state index contributed by atoms with van der Waals surface area (Å²) in [5.41, 5.74) is 1.98. The summed E-state index contributed by atoms with van der Waals surface area (Å²) in [5, 5.41) is 3.79. The van der Waals surface area contributed by atoms with Gasteiger partial charge in [0.2, 0.25) is 11.2 Å². The Hall–Kier alpha value is -3.45. The highest BCUT2D eigenvalue weighted by Gasteiger charge is 2.10. The van der Waals surface area contributed by atoms with Gasteiger partial charge in [0.15, 0.2) is 0 Å². The molecule has 4 rings (SSSR count). The monoisotopic (exact) mass is 380 g/mol. The van der Waals surface area contributed by atoms with Crippen LogP contribution in [0.15, 0.2) is 63.8 Å². The minimum Gasteiger partial charge on any atom is -0.467 e. The van der Waals surface area contributed by atoms with E-state index >= 15 is 0 Å². The van der Waals surface area contributed by atoms with Crippen LogP contribution < -0.4 is 15.7 Å². The largest absolute Gasteiger partial charge is 0.467 e. The van der Waals surface area contributed by atoms with Crippen LogP contribution in [0.5, 0.6) is 6.01 Å². The first kappa shape index (κ1) is 17.0. The van der Waals surface area contributed by atoms with E-state index in [1.165, 1.54) is 7.11 Å². The molecule has 1 N–H and O–H groups in total. The molecule has 0 aliphatic carbocycles. The molecule has 0 saturated heterocycles. The second-order valence-corrected chi connectivity index (χ2v) is 5.94. The fourth-order valence-corrected chi connectivity index (χ4v) is 2.77. The van der Waals surface area contributed by atoms with Gasteiger partial charge >= 0.3 is 11.6 Å². The number of anilines is 2. The van der Waals surface area contributed by atoms with Gasteiger partial charge in [0.05, 0.1) is 12.7 Å². The normalized spacial score (nSPS) is 10.7. The van der Waals surface area contributed by atoms with Crippen molar-refractivity contribution in [1.29, 1.82) is 0 Å². The molecule has 0 radical (unpaired) electrons. The summed E-state index contributed by atoms with van der Waals surface area (Å²) in [5.74, 6) is 0.217. The lowest BCUT2D eigenvalue weighted by Gasteiger charge is -2.07. The zero-order valence-corrected chi connectivity index (χ0v) is 14.9. The van der Waals surface area contributed by atoms with E-state index in [4.69, 9.17) is 20.8 Å². The summed E-state index contributed by atoms with van der Waals surface area (Å²) < 4.78 is 10.5. The Morgan fingerprint density at radius 3 is 2.63 bits per heavy atom. The van der Waals surface area contributed by atoms with Gasteiger partial charge in [-0.15, -0.1) is 0 Å². The van der Waals surface area contributed by atoms with E-state index in [1.54, 1.807) is 6.07 Å². The predicted molar refractivity (Wildman–Crippen MR) is 103 cm³/mol. The molecule has 0 amide bonds. The standard InChI is InChI=1S/C19H13ClN4O3/c1-26-19-23-17(20)22-18(24-19)21-13-8-7-12-9-14(11-5-3-2-4-6-11)16(25)27-15(12)10-13/h2-10H,1H3,(H,21,22,23,24). The van der Waals surface area contributed by atoms with Crippen molar-refractivity contribution < 1.29 is 9.15 Å². The van der Waals surface area contributed by atoms with Gasteiger partial charge in [0, 0.05) is 17.1 Å². The molecule has 0 spiro atoms. The van der Waals surface area contributed by atoms with Crippen molar-refractivity contribution in [2.75, 3.05) is 12.4 Å². The number of fused-ring (bicyclic) bond motifs is 1. The second kappa shape index (κ2) is 7.05. The third-order valence-corrected chi connectivity index (χ3v) is 4.02. The van der Waals surface area contributed by atoms with Crippen molar-refractivity contribution in [3.63, 3.8) is 0 Å². The van der Waals surface area contributed by atoms with Gasteiger partial charge in [-0.25, -0.2) is 4.79 Å². The number of nitrogens with zero attached hydrogens (tertiary/aromatic N) is 3. The van der Waals surface area contributed by atoms with Gasteiger partial charge in [0.1, 0.15) is 5.58 Å². The number of methoxy groups -OCH3 is 1. The first-order valence-corrected chi connectivity index (χ1v) is 8.36. The van der Waals surface area contributed by atoms with Gasteiger partial charge in [0.25, 0.3) is 0 Å².